The Balaban J connectivity index is 2.57. The second kappa shape index (κ2) is 5.05. The monoisotopic (exact) mass is 239 g/mol. The minimum atomic E-state index is 0.528. The molecule has 3 heteroatoms. The van der Waals surface area contributed by atoms with Crippen molar-refractivity contribution in [1.82, 2.24) is 4.98 Å². The number of benzene rings is 1. The van der Waals surface area contributed by atoms with E-state index in [4.69, 9.17) is 10.2 Å². The predicted molar refractivity (Wildman–Crippen MR) is 74.7 cm³/mol. The second-order valence-corrected chi connectivity index (χ2v) is 4.72. The van der Waals surface area contributed by atoms with Gasteiger partial charge in [-0.3, -0.25) is 0 Å². The Labute approximate surface area is 108 Å². The highest BCUT2D eigenvalue weighted by atomic mass is 15.1. The molecule has 0 saturated heterocycles. The molecule has 0 spiro atoms. The van der Waals surface area contributed by atoms with E-state index in [1.807, 2.05) is 19.0 Å². The fourth-order valence-electron chi connectivity index (χ4n) is 2.07. The van der Waals surface area contributed by atoms with Crippen LogP contribution in [0.5, 0.6) is 0 Å². The van der Waals surface area contributed by atoms with Crippen molar-refractivity contribution in [3.05, 3.63) is 35.4 Å². The van der Waals surface area contributed by atoms with E-state index in [2.05, 4.69) is 37.3 Å². The van der Waals surface area contributed by atoms with Gasteiger partial charge in [-0.1, -0.05) is 12.1 Å². The van der Waals surface area contributed by atoms with Crippen molar-refractivity contribution in [3.63, 3.8) is 0 Å². The summed E-state index contributed by atoms with van der Waals surface area (Å²) in [5.74, 6) is 0.961. The molecule has 3 nitrogen and oxygen atoms in total. The van der Waals surface area contributed by atoms with Gasteiger partial charge in [0.05, 0.1) is 11.6 Å². The van der Waals surface area contributed by atoms with Crippen LogP contribution in [0, 0.1) is 18.3 Å². The number of fused-ring (bicyclic) bond motifs is 1. The summed E-state index contributed by atoms with van der Waals surface area (Å²) in [7, 11) is 3.97. The molecule has 0 N–H and O–H groups in total. The van der Waals surface area contributed by atoms with Gasteiger partial charge in [-0.2, -0.15) is 5.26 Å². The molecule has 0 unspecified atom stereocenters. The molecule has 2 aromatic rings. The molecule has 92 valence electrons. The van der Waals surface area contributed by atoms with Gasteiger partial charge in [-0.15, -0.1) is 0 Å². The summed E-state index contributed by atoms with van der Waals surface area (Å²) in [5.41, 5.74) is 3.36. The summed E-state index contributed by atoms with van der Waals surface area (Å²) in [5, 5.41) is 9.86. The Morgan fingerprint density at radius 2 is 2.06 bits per heavy atom. The van der Waals surface area contributed by atoms with Crippen LogP contribution in [0.15, 0.2) is 24.3 Å². The predicted octanol–water partition coefficient (Wildman–Crippen LogP) is 3.07. The van der Waals surface area contributed by atoms with E-state index in [0.29, 0.717) is 6.42 Å². The number of aryl methyl sites for hydroxylation is 2. The van der Waals surface area contributed by atoms with Gasteiger partial charge in [-0.05, 0) is 36.6 Å². The Bertz CT molecular complexity index is 609. The lowest BCUT2D eigenvalue weighted by Gasteiger charge is -2.17. The van der Waals surface area contributed by atoms with E-state index in [0.717, 1.165) is 28.7 Å². The van der Waals surface area contributed by atoms with Gasteiger partial charge in [0.1, 0.15) is 5.82 Å². The molecule has 2 rings (SSSR count). The van der Waals surface area contributed by atoms with Crippen LogP contribution < -0.4 is 4.90 Å². The van der Waals surface area contributed by atoms with Crippen molar-refractivity contribution in [2.75, 3.05) is 19.0 Å². The molecule has 0 radical (unpaired) electrons. The van der Waals surface area contributed by atoms with Gasteiger partial charge in [0.25, 0.3) is 0 Å². The summed E-state index contributed by atoms with van der Waals surface area (Å²) < 4.78 is 0. The molecule has 0 fully saturated rings. The molecule has 0 aliphatic carbocycles. The van der Waals surface area contributed by atoms with Crippen LogP contribution in [0.25, 0.3) is 10.9 Å². The molecule has 1 heterocycles. The molecular formula is C15H17N3. The first-order valence-electron chi connectivity index (χ1n) is 6.06. The van der Waals surface area contributed by atoms with Crippen LogP contribution >= 0.6 is 0 Å². The highest BCUT2D eigenvalue weighted by Crippen LogP contribution is 2.24. The highest BCUT2D eigenvalue weighted by molar-refractivity contribution is 5.82. The Kier molecular flexibility index (Phi) is 3.47. The SMILES string of the molecule is Cc1ccc2cc(CCC#N)c(N(C)C)nc2c1. The van der Waals surface area contributed by atoms with E-state index >= 15 is 0 Å². The first kappa shape index (κ1) is 12.4. The third kappa shape index (κ3) is 2.43. The van der Waals surface area contributed by atoms with Crippen molar-refractivity contribution in [2.24, 2.45) is 0 Å². The third-order valence-electron chi connectivity index (χ3n) is 2.96. The minimum absolute atomic E-state index is 0.528. The zero-order valence-electron chi connectivity index (χ0n) is 11.1. The maximum atomic E-state index is 8.72. The first-order valence-corrected chi connectivity index (χ1v) is 6.06. The topological polar surface area (TPSA) is 39.9 Å². The summed E-state index contributed by atoms with van der Waals surface area (Å²) in [4.78, 5) is 6.71. The zero-order chi connectivity index (χ0) is 13.1. The molecule has 1 aromatic heterocycles. The fraction of sp³-hybridized carbons (Fsp3) is 0.333. The normalized spacial score (nSPS) is 10.3. The number of hydrogen-bond donors (Lipinski definition) is 0. The van der Waals surface area contributed by atoms with Gasteiger partial charge in [0.15, 0.2) is 0 Å². The van der Waals surface area contributed by atoms with Gasteiger partial charge in [-0.25, -0.2) is 4.98 Å². The van der Waals surface area contributed by atoms with Crippen LogP contribution in [0.1, 0.15) is 17.5 Å². The van der Waals surface area contributed by atoms with Crippen LogP contribution in [0.4, 0.5) is 5.82 Å². The summed E-state index contributed by atoms with van der Waals surface area (Å²) in [6.07, 6.45) is 1.28. The van der Waals surface area contributed by atoms with Crippen molar-refractivity contribution in [1.29, 1.82) is 5.26 Å². The smallest absolute Gasteiger partial charge is 0.131 e. The number of rotatable bonds is 3. The molecule has 0 aliphatic heterocycles. The van der Waals surface area contributed by atoms with Gasteiger partial charge >= 0.3 is 0 Å². The third-order valence-corrected chi connectivity index (χ3v) is 2.96. The van der Waals surface area contributed by atoms with E-state index in [1.54, 1.807) is 0 Å². The van der Waals surface area contributed by atoms with Crippen LogP contribution in [-0.2, 0) is 6.42 Å². The number of anilines is 1. The quantitative estimate of drug-likeness (QED) is 0.826. The van der Waals surface area contributed by atoms with Gasteiger partial charge in [0, 0.05) is 25.9 Å². The molecule has 0 saturated carbocycles. The number of aromatic nitrogens is 1. The van der Waals surface area contributed by atoms with E-state index in [9.17, 15) is 0 Å². The second-order valence-electron chi connectivity index (χ2n) is 4.72. The Morgan fingerprint density at radius 1 is 1.28 bits per heavy atom. The van der Waals surface area contributed by atoms with Crippen LogP contribution in [0.2, 0.25) is 0 Å². The maximum absolute atomic E-state index is 8.72. The highest BCUT2D eigenvalue weighted by Gasteiger charge is 2.08. The fourth-order valence-corrected chi connectivity index (χ4v) is 2.07. The van der Waals surface area contributed by atoms with Crippen molar-refractivity contribution in [2.45, 2.75) is 19.8 Å². The number of nitriles is 1. The summed E-state index contributed by atoms with van der Waals surface area (Å²) in [6, 6.07) is 10.6. The molecule has 0 aliphatic rings. The largest absolute Gasteiger partial charge is 0.362 e. The minimum Gasteiger partial charge on any atom is -0.362 e. The number of pyridine rings is 1. The van der Waals surface area contributed by atoms with Crippen molar-refractivity contribution >= 4 is 16.7 Å². The van der Waals surface area contributed by atoms with Crippen molar-refractivity contribution < 1.29 is 0 Å². The average Bonchev–Trinajstić information content (AvgIpc) is 2.35. The Hall–Kier alpha value is -2.08. The lowest BCUT2D eigenvalue weighted by molar-refractivity contribution is 0.969. The summed E-state index contributed by atoms with van der Waals surface area (Å²) >= 11 is 0. The molecule has 0 atom stereocenters. The lowest BCUT2D eigenvalue weighted by atomic mass is 10.1. The van der Waals surface area contributed by atoms with Crippen LogP contribution in [-0.4, -0.2) is 19.1 Å². The Morgan fingerprint density at radius 3 is 2.72 bits per heavy atom. The number of nitrogens with zero attached hydrogens (tertiary/aromatic N) is 3. The average molecular weight is 239 g/mol. The van der Waals surface area contributed by atoms with E-state index in [1.165, 1.54) is 5.56 Å². The molecule has 0 bridgehead atoms. The zero-order valence-corrected chi connectivity index (χ0v) is 11.1. The molecule has 0 amide bonds. The molecule has 1 aromatic carbocycles. The van der Waals surface area contributed by atoms with Crippen LogP contribution in [0.3, 0.4) is 0 Å². The van der Waals surface area contributed by atoms with Gasteiger partial charge < -0.3 is 4.90 Å². The van der Waals surface area contributed by atoms with Crippen molar-refractivity contribution in [3.8, 4) is 6.07 Å². The molecule has 18 heavy (non-hydrogen) atoms. The molecular weight excluding hydrogens is 222 g/mol. The van der Waals surface area contributed by atoms with E-state index in [-0.39, 0.29) is 0 Å². The maximum Gasteiger partial charge on any atom is 0.131 e. The van der Waals surface area contributed by atoms with E-state index < -0.39 is 0 Å². The van der Waals surface area contributed by atoms with Gasteiger partial charge in [0.2, 0.25) is 0 Å². The lowest BCUT2D eigenvalue weighted by Crippen LogP contribution is -2.13. The summed E-state index contributed by atoms with van der Waals surface area (Å²) in [6.45, 7) is 2.07. The number of hydrogen-bond acceptors (Lipinski definition) is 3. The standard InChI is InChI=1S/C15H17N3/c1-11-6-7-12-10-13(5-4-8-16)15(18(2)3)17-14(12)9-11/h6-7,9-10H,4-5H2,1-3H3. The first-order chi connectivity index (χ1) is 8.61.